The molecule has 0 aliphatic carbocycles. The average Bonchev–Trinajstić information content (AvgIpc) is 2.59. The van der Waals surface area contributed by atoms with Gasteiger partial charge in [0.2, 0.25) is 0 Å². The molecule has 1 aromatic heterocycles. The molecular formula is C18H15FN4. The van der Waals surface area contributed by atoms with Crippen molar-refractivity contribution in [2.24, 2.45) is 0 Å². The van der Waals surface area contributed by atoms with Gasteiger partial charge in [-0.3, -0.25) is 0 Å². The quantitative estimate of drug-likeness (QED) is 0.704. The number of hydrogen-bond acceptors (Lipinski definition) is 4. The van der Waals surface area contributed by atoms with E-state index in [1.807, 2.05) is 42.5 Å². The Morgan fingerprint density at radius 3 is 2.65 bits per heavy atom. The van der Waals surface area contributed by atoms with E-state index in [-0.39, 0.29) is 0 Å². The second kappa shape index (κ2) is 6.75. The van der Waals surface area contributed by atoms with Crippen molar-refractivity contribution in [2.75, 3.05) is 23.7 Å². The molecule has 3 rings (SSSR count). The number of nitrogens with zero attached hydrogens (tertiary/aromatic N) is 2. The number of nitrogens with one attached hydrogen (secondary N) is 2. The molecular weight excluding hydrogens is 291 g/mol. The van der Waals surface area contributed by atoms with Gasteiger partial charge in [-0.25, -0.2) is 9.37 Å². The minimum absolute atomic E-state index is 0.312. The number of aromatic nitrogens is 1. The number of anilines is 2. The first kappa shape index (κ1) is 14.8. The van der Waals surface area contributed by atoms with E-state index in [1.54, 1.807) is 12.1 Å². The Labute approximate surface area is 133 Å². The zero-order valence-corrected chi connectivity index (χ0v) is 12.4. The Morgan fingerprint density at radius 2 is 1.83 bits per heavy atom. The minimum Gasteiger partial charge on any atom is -0.381 e. The highest BCUT2D eigenvalue weighted by Crippen LogP contribution is 2.16. The molecule has 0 aliphatic rings. The lowest BCUT2D eigenvalue weighted by Crippen LogP contribution is -2.15. The van der Waals surface area contributed by atoms with Gasteiger partial charge in [0, 0.05) is 18.5 Å². The number of pyridine rings is 1. The van der Waals surface area contributed by atoms with Gasteiger partial charge in [0.1, 0.15) is 11.6 Å². The van der Waals surface area contributed by atoms with Gasteiger partial charge in [-0.05, 0) is 36.4 Å². The van der Waals surface area contributed by atoms with Crippen molar-refractivity contribution in [3.63, 3.8) is 0 Å². The maximum absolute atomic E-state index is 13.7. The first-order valence-corrected chi connectivity index (χ1v) is 7.29. The van der Waals surface area contributed by atoms with E-state index in [1.165, 1.54) is 6.07 Å². The number of para-hydroxylation sites is 1. The van der Waals surface area contributed by atoms with Crippen molar-refractivity contribution < 1.29 is 4.39 Å². The third kappa shape index (κ3) is 3.55. The summed E-state index contributed by atoms with van der Waals surface area (Å²) in [4.78, 5) is 4.51. The van der Waals surface area contributed by atoms with E-state index in [2.05, 4.69) is 15.6 Å². The third-order valence-electron chi connectivity index (χ3n) is 3.44. The van der Waals surface area contributed by atoms with Crippen molar-refractivity contribution in [3.8, 4) is 6.07 Å². The van der Waals surface area contributed by atoms with Gasteiger partial charge in [0.25, 0.3) is 0 Å². The van der Waals surface area contributed by atoms with Gasteiger partial charge in [0.05, 0.1) is 22.8 Å². The lowest BCUT2D eigenvalue weighted by atomic mass is 10.2. The second-order valence-corrected chi connectivity index (χ2v) is 5.05. The molecule has 0 spiro atoms. The van der Waals surface area contributed by atoms with Crippen LogP contribution in [-0.2, 0) is 0 Å². The van der Waals surface area contributed by atoms with Crippen molar-refractivity contribution in [1.29, 1.82) is 5.26 Å². The molecule has 0 amide bonds. The van der Waals surface area contributed by atoms with E-state index in [0.717, 1.165) is 16.7 Å². The summed E-state index contributed by atoms with van der Waals surface area (Å²) in [6, 6.07) is 18.1. The van der Waals surface area contributed by atoms with Gasteiger partial charge >= 0.3 is 0 Å². The Hall–Kier alpha value is -3.13. The molecule has 0 unspecified atom stereocenters. The van der Waals surface area contributed by atoms with Gasteiger partial charge in [-0.15, -0.1) is 0 Å². The SMILES string of the molecule is N#Cc1ccc(NCCNc2ccc3ccccc3n2)c(F)c1. The Kier molecular flexibility index (Phi) is 4.34. The van der Waals surface area contributed by atoms with E-state index in [4.69, 9.17) is 5.26 Å². The molecule has 114 valence electrons. The molecule has 1 heterocycles. The van der Waals surface area contributed by atoms with Crippen LogP contribution < -0.4 is 10.6 Å². The fraction of sp³-hybridized carbons (Fsp3) is 0.111. The molecule has 4 nitrogen and oxygen atoms in total. The van der Waals surface area contributed by atoms with Crippen molar-refractivity contribution in [3.05, 3.63) is 66.0 Å². The number of hydrogen-bond donors (Lipinski definition) is 2. The van der Waals surface area contributed by atoms with E-state index >= 15 is 0 Å². The smallest absolute Gasteiger partial charge is 0.147 e. The summed E-state index contributed by atoms with van der Waals surface area (Å²) in [7, 11) is 0. The standard InChI is InChI=1S/C18H15FN4/c19-15-11-13(12-20)5-7-17(15)21-9-10-22-18-8-6-14-3-1-2-4-16(14)23-18/h1-8,11,21H,9-10H2,(H,22,23). The van der Waals surface area contributed by atoms with Crippen molar-refractivity contribution in [1.82, 2.24) is 4.98 Å². The maximum Gasteiger partial charge on any atom is 0.147 e. The molecule has 2 N–H and O–H groups in total. The van der Waals surface area contributed by atoms with Crippen LogP contribution in [0.4, 0.5) is 15.9 Å². The Morgan fingerprint density at radius 1 is 1.00 bits per heavy atom. The molecule has 3 aromatic rings. The molecule has 0 bridgehead atoms. The lowest BCUT2D eigenvalue weighted by Gasteiger charge is -2.10. The second-order valence-electron chi connectivity index (χ2n) is 5.05. The summed E-state index contributed by atoms with van der Waals surface area (Å²) in [5, 5.41) is 16.0. The van der Waals surface area contributed by atoms with Crippen LogP contribution >= 0.6 is 0 Å². The van der Waals surface area contributed by atoms with Gasteiger partial charge in [0.15, 0.2) is 0 Å². The van der Waals surface area contributed by atoms with Crippen LogP contribution in [-0.4, -0.2) is 18.1 Å². The summed E-state index contributed by atoms with van der Waals surface area (Å²) in [6.07, 6.45) is 0. The van der Waals surface area contributed by atoms with Gasteiger partial charge in [-0.1, -0.05) is 18.2 Å². The molecule has 5 heteroatoms. The molecule has 23 heavy (non-hydrogen) atoms. The zero-order chi connectivity index (χ0) is 16.1. The van der Waals surface area contributed by atoms with E-state index in [9.17, 15) is 4.39 Å². The van der Waals surface area contributed by atoms with Crippen LogP contribution in [0.3, 0.4) is 0 Å². The molecule has 0 atom stereocenters. The largest absolute Gasteiger partial charge is 0.381 e. The number of benzene rings is 2. The number of halogens is 1. The number of nitriles is 1. The topological polar surface area (TPSA) is 60.7 Å². The Balaban J connectivity index is 1.56. The molecule has 0 aliphatic heterocycles. The first-order chi connectivity index (χ1) is 11.3. The molecule has 0 radical (unpaired) electrons. The molecule has 0 fully saturated rings. The fourth-order valence-corrected chi connectivity index (χ4v) is 2.28. The van der Waals surface area contributed by atoms with Crippen molar-refractivity contribution in [2.45, 2.75) is 0 Å². The van der Waals surface area contributed by atoms with Crippen LogP contribution in [0, 0.1) is 17.1 Å². The lowest BCUT2D eigenvalue weighted by molar-refractivity contribution is 0.630. The van der Waals surface area contributed by atoms with E-state index in [0.29, 0.717) is 24.3 Å². The normalized spacial score (nSPS) is 10.3. The fourth-order valence-electron chi connectivity index (χ4n) is 2.28. The Bertz CT molecular complexity index is 870. The zero-order valence-electron chi connectivity index (χ0n) is 12.4. The highest BCUT2D eigenvalue weighted by molar-refractivity contribution is 5.80. The monoisotopic (exact) mass is 306 g/mol. The molecule has 0 saturated heterocycles. The van der Waals surface area contributed by atoms with Crippen LogP contribution in [0.5, 0.6) is 0 Å². The first-order valence-electron chi connectivity index (χ1n) is 7.29. The summed E-state index contributed by atoms with van der Waals surface area (Å²) < 4.78 is 13.7. The van der Waals surface area contributed by atoms with Crippen LogP contribution in [0.25, 0.3) is 10.9 Å². The highest BCUT2D eigenvalue weighted by atomic mass is 19.1. The minimum atomic E-state index is -0.423. The highest BCUT2D eigenvalue weighted by Gasteiger charge is 2.03. The van der Waals surface area contributed by atoms with Gasteiger partial charge < -0.3 is 10.6 Å². The predicted octanol–water partition coefficient (Wildman–Crippen LogP) is 3.77. The van der Waals surface area contributed by atoms with Crippen LogP contribution in [0.15, 0.2) is 54.6 Å². The molecule has 0 saturated carbocycles. The summed E-state index contributed by atoms with van der Waals surface area (Å²) in [6.45, 7) is 1.14. The summed E-state index contributed by atoms with van der Waals surface area (Å²) in [5.41, 5.74) is 1.63. The van der Waals surface area contributed by atoms with Gasteiger partial charge in [-0.2, -0.15) is 5.26 Å². The van der Waals surface area contributed by atoms with Crippen LogP contribution in [0.1, 0.15) is 5.56 Å². The third-order valence-corrected chi connectivity index (χ3v) is 3.44. The molecule has 2 aromatic carbocycles. The van der Waals surface area contributed by atoms with Crippen LogP contribution in [0.2, 0.25) is 0 Å². The average molecular weight is 306 g/mol. The predicted molar refractivity (Wildman–Crippen MR) is 89.8 cm³/mol. The number of rotatable bonds is 5. The summed E-state index contributed by atoms with van der Waals surface area (Å²) >= 11 is 0. The van der Waals surface area contributed by atoms with E-state index < -0.39 is 5.82 Å². The maximum atomic E-state index is 13.7. The van der Waals surface area contributed by atoms with Crippen molar-refractivity contribution >= 4 is 22.4 Å². The number of fused-ring (bicyclic) bond motifs is 1. The summed E-state index contributed by atoms with van der Waals surface area (Å²) in [5.74, 6) is 0.360.